The molecule has 0 aromatic carbocycles. The molecule has 1 saturated heterocycles. The van der Waals surface area contributed by atoms with Crippen molar-refractivity contribution in [3.05, 3.63) is 0 Å². The summed E-state index contributed by atoms with van der Waals surface area (Å²) in [5, 5.41) is 2.09. The molecule has 0 aromatic heterocycles. The minimum absolute atomic E-state index is 0. The van der Waals surface area contributed by atoms with Gasteiger partial charge in [-0.3, -0.25) is 0 Å². The smallest absolute Gasteiger partial charge is 0.145 e. The first-order chi connectivity index (χ1) is 4.29. The molecule has 1 N–H and O–H groups in total. The van der Waals surface area contributed by atoms with E-state index in [0.29, 0.717) is 4.32 Å². The monoisotopic (exact) mass is 252 g/mol. The van der Waals surface area contributed by atoms with Crippen LogP contribution in [0.15, 0.2) is 0 Å². The first-order valence-electron chi connectivity index (χ1n) is 3.03. The summed E-state index contributed by atoms with van der Waals surface area (Å²) >= 11 is 8.70. The van der Waals surface area contributed by atoms with Crippen LogP contribution in [0.4, 0.5) is 0 Å². The van der Waals surface area contributed by atoms with Crippen LogP contribution in [-0.4, -0.2) is 22.4 Å². The van der Waals surface area contributed by atoms with Crippen molar-refractivity contribution in [1.29, 1.82) is 0 Å². The quantitative estimate of drug-likeness (QED) is 0.531. The Morgan fingerprint density at radius 1 is 1.40 bits per heavy atom. The Balaban J connectivity index is 0.000000810. The average Bonchev–Trinajstić information content (AvgIpc) is 2.15. The Kier molecular flexibility index (Phi) is 6.31. The second-order valence-corrected chi connectivity index (χ2v) is 3.27. The maximum atomic E-state index is 4.74. The molecule has 2 nitrogen and oxygen atoms in total. The van der Waals surface area contributed by atoms with Crippen molar-refractivity contribution in [3.63, 3.8) is 0 Å². The minimum Gasteiger partial charge on any atom is -0.304 e. The van der Waals surface area contributed by atoms with Crippen molar-refractivity contribution in [1.82, 2.24) is 10.4 Å². The predicted octanol–water partition coefficient (Wildman–Crippen LogP) is 0.799. The molecule has 5 heteroatoms. The number of thiol groups is 1. The zero-order chi connectivity index (χ0) is 6.69. The number of hydrazine groups is 1. The van der Waals surface area contributed by atoms with Gasteiger partial charge in [0.1, 0.15) is 4.32 Å². The molecule has 0 aromatic rings. The van der Waals surface area contributed by atoms with Crippen LogP contribution in [0.5, 0.6) is 0 Å². The standard InChI is InChI=1S/C5H10N2S2.Zr/c8-5(9)6-7-3-1-2-4-7;/h1-4H2,(H2,6,8,9);. The van der Waals surface area contributed by atoms with E-state index < -0.39 is 0 Å². The van der Waals surface area contributed by atoms with Crippen LogP contribution in [0.3, 0.4) is 0 Å². The fourth-order valence-electron chi connectivity index (χ4n) is 0.964. The van der Waals surface area contributed by atoms with Gasteiger partial charge in [0, 0.05) is 39.3 Å². The number of rotatable bonds is 1. The van der Waals surface area contributed by atoms with Crippen molar-refractivity contribution in [2.75, 3.05) is 13.1 Å². The van der Waals surface area contributed by atoms with E-state index in [9.17, 15) is 0 Å². The molecule has 10 heavy (non-hydrogen) atoms. The SMILES string of the molecule is S=C(S)NN1CCCC1.[Zr]. The third-order valence-corrected chi connectivity index (χ3v) is 1.55. The molecule has 0 spiro atoms. The molecular weight excluding hydrogens is 243 g/mol. The Labute approximate surface area is 91.2 Å². The van der Waals surface area contributed by atoms with Gasteiger partial charge in [-0.15, -0.1) is 12.6 Å². The summed E-state index contributed by atoms with van der Waals surface area (Å²) in [6.07, 6.45) is 2.53. The maximum Gasteiger partial charge on any atom is 0.145 e. The van der Waals surface area contributed by atoms with E-state index in [2.05, 4.69) is 23.1 Å². The van der Waals surface area contributed by atoms with E-state index >= 15 is 0 Å². The predicted molar refractivity (Wildman–Crippen MR) is 45.5 cm³/mol. The molecule has 0 atom stereocenters. The van der Waals surface area contributed by atoms with Gasteiger partial charge in [-0.1, -0.05) is 12.2 Å². The first-order valence-corrected chi connectivity index (χ1v) is 3.89. The van der Waals surface area contributed by atoms with E-state index in [1.54, 1.807) is 0 Å². The van der Waals surface area contributed by atoms with Crippen LogP contribution in [0, 0.1) is 0 Å². The van der Waals surface area contributed by atoms with Crippen molar-refractivity contribution in [3.8, 4) is 0 Å². The molecule has 0 bridgehead atoms. The van der Waals surface area contributed by atoms with Crippen LogP contribution in [0.1, 0.15) is 12.8 Å². The van der Waals surface area contributed by atoms with Crippen molar-refractivity contribution < 1.29 is 26.2 Å². The molecule has 0 unspecified atom stereocenters. The van der Waals surface area contributed by atoms with E-state index in [0.717, 1.165) is 13.1 Å². The zero-order valence-corrected chi connectivity index (χ0v) is 9.80. The number of hydrogen-bond donors (Lipinski definition) is 2. The van der Waals surface area contributed by atoms with Crippen molar-refractivity contribution in [2.45, 2.75) is 12.8 Å². The molecule has 0 amide bonds. The van der Waals surface area contributed by atoms with Crippen LogP contribution in [0.25, 0.3) is 0 Å². The van der Waals surface area contributed by atoms with Crippen LogP contribution >= 0.6 is 24.8 Å². The zero-order valence-electron chi connectivity index (χ0n) is 5.63. The van der Waals surface area contributed by atoms with Gasteiger partial charge >= 0.3 is 0 Å². The maximum absolute atomic E-state index is 4.74. The van der Waals surface area contributed by atoms with Crippen molar-refractivity contribution >= 4 is 29.2 Å². The van der Waals surface area contributed by atoms with Gasteiger partial charge in [0.15, 0.2) is 0 Å². The molecule has 1 heterocycles. The van der Waals surface area contributed by atoms with Gasteiger partial charge in [0.2, 0.25) is 0 Å². The average molecular weight is 254 g/mol. The van der Waals surface area contributed by atoms with Crippen LogP contribution in [0.2, 0.25) is 0 Å². The van der Waals surface area contributed by atoms with E-state index in [1.807, 2.05) is 0 Å². The third kappa shape index (κ3) is 4.06. The molecule has 1 fully saturated rings. The summed E-state index contributed by atoms with van der Waals surface area (Å²) in [6.45, 7) is 2.20. The summed E-state index contributed by atoms with van der Waals surface area (Å²) in [5.74, 6) is 0. The number of nitrogens with one attached hydrogen (secondary N) is 1. The summed E-state index contributed by atoms with van der Waals surface area (Å²) in [7, 11) is 0. The van der Waals surface area contributed by atoms with Gasteiger partial charge in [-0.25, -0.2) is 5.01 Å². The van der Waals surface area contributed by atoms with Gasteiger partial charge in [-0.2, -0.15) is 0 Å². The topological polar surface area (TPSA) is 15.3 Å². The van der Waals surface area contributed by atoms with Gasteiger partial charge in [-0.05, 0) is 12.8 Å². The molecule has 1 aliphatic rings. The van der Waals surface area contributed by atoms with Crippen LogP contribution in [-0.2, 0) is 26.2 Å². The molecule has 56 valence electrons. The summed E-state index contributed by atoms with van der Waals surface area (Å²) in [4.78, 5) is 0. The van der Waals surface area contributed by atoms with E-state index in [-0.39, 0.29) is 26.2 Å². The van der Waals surface area contributed by atoms with Gasteiger partial charge < -0.3 is 5.43 Å². The van der Waals surface area contributed by atoms with E-state index in [1.165, 1.54) is 12.8 Å². The normalized spacial score (nSPS) is 18.1. The number of hydrogen-bond acceptors (Lipinski definition) is 2. The van der Waals surface area contributed by atoms with Gasteiger partial charge in [0.05, 0.1) is 0 Å². The molecule has 1 rings (SSSR count). The second kappa shape index (κ2) is 5.70. The molecule has 1 aliphatic heterocycles. The molecule has 0 aliphatic carbocycles. The summed E-state index contributed by atoms with van der Waals surface area (Å²) < 4.78 is 0.567. The third-order valence-electron chi connectivity index (χ3n) is 1.36. The Bertz CT molecular complexity index is 114. The second-order valence-electron chi connectivity index (χ2n) is 2.11. The molecule has 0 radical (unpaired) electrons. The Hall–Kier alpha value is 1.08. The Morgan fingerprint density at radius 3 is 2.30 bits per heavy atom. The largest absolute Gasteiger partial charge is 0.304 e. The fraction of sp³-hybridized carbons (Fsp3) is 0.800. The number of nitrogens with zero attached hydrogens (tertiary/aromatic N) is 1. The fourth-order valence-corrected chi connectivity index (χ4v) is 1.23. The number of thiocarbonyl (C=S) groups is 1. The van der Waals surface area contributed by atoms with Crippen molar-refractivity contribution in [2.24, 2.45) is 0 Å². The van der Waals surface area contributed by atoms with Gasteiger partial charge in [0.25, 0.3) is 0 Å². The van der Waals surface area contributed by atoms with Crippen LogP contribution < -0.4 is 5.43 Å². The molecule has 0 saturated carbocycles. The first kappa shape index (κ1) is 11.1. The summed E-state index contributed by atoms with van der Waals surface area (Å²) in [5.41, 5.74) is 2.97. The minimum atomic E-state index is 0. The Morgan fingerprint density at radius 2 is 1.90 bits per heavy atom. The van der Waals surface area contributed by atoms with E-state index in [4.69, 9.17) is 12.2 Å². The summed E-state index contributed by atoms with van der Waals surface area (Å²) in [6, 6.07) is 0. The molecular formula is C5H10N2S2Zr.